The third kappa shape index (κ3) is 2.68. The van der Waals surface area contributed by atoms with E-state index >= 15 is 0 Å². The second-order valence-corrected chi connectivity index (χ2v) is 7.31. The van der Waals surface area contributed by atoms with E-state index in [4.69, 9.17) is 9.47 Å². The van der Waals surface area contributed by atoms with Crippen molar-refractivity contribution >= 4 is 0 Å². The lowest BCUT2D eigenvalue weighted by Crippen LogP contribution is -2.26. The number of hydrogen-bond donors (Lipinski definition) is 0. The fraction of sp³-hybridized carbons (Fsp3) is 0.579. The van der Waals surface area contributed by atoms with Gasteiger partial charge in [0.05, 0.1) is 6.54 Å². The van der Waals surface area contributed by atoms with Crippen LogP contribution in [-0.2, 0) is 13.6 Å². The number of ether oxygens (including phenoxy) is 2. The van der Waals surface area contributed by atoms with Crippen LogP contribution in [0.25, 0.3) is 0 Å². The van der Waals surface area contributed by atoms with E-state index in [0.29, 0.717) is 25.2 Å². The minimum absolute atomic E-state index is 0.359. The summed E-state index contributed by atoms with van der Waals surface area (Å²) in [5.74, 6) is 4.66. The molecule has 1 saturated heterocycles. The Bertz CT molecular complexity index is 784. The lowest BCUT2D eigenvalue weighted by atomic mass is 10.0. The second-order valence-electron chi connectivity index (χ2n) is 7.31. The standard InChI is InChI=1S/C19H24N4O2/c1-22-17(20-21-19(22)13-7-8-13)12-23-9-3-5-15(23)14-4-2-6-16-18(14)25-11-10-24-16/h2,4,6,13,15H,3,5,7-12H2,1H3/t15-/m0/s1. The first kappa shape index (κ1) is 15.2. The smallest absolute Gasteiger partial charge is 0.166 e. The molecule has 2 aromatic rings. The Kier molecular flexibility index (Phi) is 3.66. The molecular formula is C19H24N4O2. The zero-order chi connectivity index (χ0) is 16.8. The topological polar surface area (TPSA) is 52.4 Å². The molecule has 132 valence electrons. The zero-order valence-electron chi connectivity index (χ0n) is 14.6. The van der Waals surface area contributed by atoms with Crippen LogP contribution in [0, 0.1) is 0 Å². The number of hydrogen-bond acceptors (Lipinski definition) is 5. The molecule has 5 rings (SSSR count). The molecule has 1 saturated carbocycles. The van der Waals surface area contributed by atoms with Gasteiger partial charge in [-0.05, 0) is 38.3 Å². The molecule has 6 heteroatoms. The monoisotopic (exact) mass is 340 g/mol. The Morgan fingerprint density at radius 1 is 1.12 bits per heavy atom. The molecule has 3 heterocycles. The molecule has 2 fully saturated rings. The van der Waals surface area contributed by atoms with E-state index in [9.17, 15) is 0 Å². The van der Waals surface area contributed by atoms with Crippen molar-refractivity contribution in [1.82, 2.24) is 19.7 Å². The highest BCUT2D eigenvalue weighted by atomic mass is 16.6. The van der Waals surface area contributed by atoms with Crippen LogP contribution < -0.4 is 9.47 Å². The zero-order valence-corrected chi connectivity index (χ0v) is 14.6. The predicted molar refractivity (Wildman–Crippen MR) is 92.8 cm³/mol. The van der Waals surface area contributed by atoms with Gasteiger partial charge in [-0.15, -0.1) is 10.2 Å². The van der Waals surface area contributed by atoms with Crippen LogP contribution in [0.2, 0.25) is 0 Å². The third-order valence-electron chi connectivity index (χ3n) is 5.61. The van der Waals surface area contributed by atoms with Crippen LogP contribution in [0.5, 0.6) is 11.5 Å². The Balaban J connectivity index is 1.41. The number of likely N-dealkylation sites (tertiary alicyclic amines) is 1. The van der Waals surface area contributed by atoms with Crippen molar-refractivity contribution in [3.63, 3.8) is 0 Å². The normalized spacial score (nSPS) is 23.2. The summed E-state index contributed by atoms with van der Waals surface area (Å²) in [6.07, 6.45) is 4.85. The maximum absolute atomic E-state index is 5.95. The van der Waals surface area contributed by atoms with Gasteiger partial charge in [-0.25, -0.2) is 0 Å². The van der Waals surface area contributed by atoms with Gasteiger partial charge in [-0.3, -0.25) is 4.90 Å². The van der Waals surface area contributed by atoms with E-state index in [-0.39, 0.29) is 0 Å². The molecule has 1 aromatic carbocycles. The van der Waals surface area contributed by atoms with Crippen molar-refractivity contribution in [2.45, 2.75) is 44.2 Å². The Labute approximate surface area is 147 Å². The molecular weight excluding hydrogens is 316 g/mol. The largest absolute Gasteiger partial charge is 0.486 e. The molecule has 0 N–H and O–H groups in total. The molecule has 0 amide bonds. The average Bonchev–Trinajstić information content (AvgIpc) is 3.28. The van der Waals surface area contributed by atoms with Crippen molar-refractivity contribution in [1.29, 1.82) is 0 Å². The van der Waals surface area contributed by atoms with Gasteiger partial charge in [-0.1, -0.05) is 12.1 Å². The van der Waals surface area contributed by atoms with Crippen LogP contribution >= 0.6 is 0 Å². The summed E-state index contributed by atoms with van der Waals surface area (Å²) < 4.78 is 13.9. The van der Waals surface area contributed by atoms with Gasteiger partial charge in [-0.2, -0.15) is 0 Å². The second kappa shape index (κ2) is 6.02. The van der Waals surface area contributed by atoms with Gasteiger partial charge in [0, 0.05) is 24.6 Å². The SMILES string of the molecule is Cn1c(CN2CCC[C@H]2c2cccc3c2OCCO3)nnc1C1CC1. The van der Waals surface area contributed by atoms with Crippen molar-refractivity contribution in [3.05, 3.63) is 35.4 Å². The first-order chi connectivity index (χ1) is 12.3. The summed E-state index contributed by atoms with van der Waals surface area (Å²) >= 11 is 0. The molecule has 0 radical (unpaired) electrons. The lowest BCUT2D eigenvalue weighted by molar-refractivity contribution is 0.163. The summed E-state index contributed by atoms with van der Waals surface area (Å²) in [6.45, 7) is 3.19. The van der Waals surface area contributed by atoms with Gasteiger partial charge >= 0.3 is 0 Å². The van der Waals surface area contributed by atoms with Crippen molar-refractivity contribution in [2.75, 3.05) is 19.8 Å². The van der Waals surface area contributed by atoms with E-state index in [0.717, 1.165) is 42.7 Å². The number of aromatic nitrogens is 3. The minimum Gasteiger partial charge on any atom is -0.486 e. The summed E-state index contributed by atoms with van der Waals surface area (Å²) in [5.41, 5.74) is 1.25. The predicted octanol–water partition coefficient (Wildman–Crippen LogP) is 2.80. The van der Waals surface area contributed by atoms with E-state index in [1.54, 1.807) is 0 Å². The van der Waals surface area contributed by atoms with Crippen LogP contribution in [-0.4, -0.2) is 39.4 Å². The van der Waals surface area contributed by atoms with E-state index in [2.05, 4.69) is 38.8 Å². The maximum Gasteiger partial charge on any atom is 0.166 e. The summed E-state index contributed by atoms with van der Waals surface area (Å²) in [6, 6.07) is 6.62. The summed E-state index contributed by atoms with van der Waals surface area (Å²) in [5, 5.41) is 8.90. The molecule has 25 heavy (non-hydrogen) atoms. The highest BCUT2D eigenvalue weighted by molar-refractivity contribution is 5.49. The Morgan fingerprint density at radius 3 is 2.88 bits per heavy atom. The van der Waals surface area contributed by atoms with Crippen LogP contribution in [0.1, 0.15) is 54.9 Å². The molecule has 0 bridgehead atoms. The minimum atomic E-state index is 0.359. The van der Waals surface area contributed by atoms with Crippen molar-refractivity contribution in [2.24, 2.45) is 7.05 Å². The molecule has 1 atom stereocenters. The van der Waals surface area contributed by atoms with E-state index in [1.807, 2.05) is 6.07 Å². The summed E-state index contributed by atoms with van der Waals surface area (Å²) in [4.78, 5) is 2.51. The number of benzene rings is 1. The van der Waals surface area contributed by atoms with Gasteiger partial charge in [0.25, 0.3) is 0 Å². The average molecular weight is 340 g/mol. The number of fused-ring (bicyclic) bond motifs is 1. The van der Waals surface area contributed by atoms with Crippen LogP contribution in [0.4, 0.5) is 0 Å². The maximum atomic E-state index is 5.95. The van der Waals surface area contributed by atoms with Crippen LogP contribution in [0.15, 0.2) is 18.2 Å². The summed E-state index contributed by atoms with van der Waals surface area (Å²) in [7, 11) is 2.11. The Morgan fingerprint density at radius 2 is 2.00 bits per heavy atom. The third-order valence-corrected chi connectivity index (χ3v) is 5.61. The van der Waals surface area contributed by atoms with E-state index < -0.39 is 0 Å². The van der Waals surface area contributed by atoms with Crippen molar-refractivity contribution < 1.29 is 9.47 Å². The molecule has 6 nitrogen and oxygen atoms in total. The number of rotatable bonds is 4. The number of para-hydroxylation sites is 1. The molecule has 1 aromatic heterocycles. The van der Waals surface area contributed by atoms with Gasteiger partial charge in [0.2, 0.25) is 0 Å². The number of nitrogens with zero attached hydrogens (tertiary/aromatic N) is 4. The van der Waals surface area contributed by atoms with Gasteiger partial charge in [0.15, 0.2) is 11.5 Å². The van der Waals surface area contributed by atoms with Gasteiger partial charge in [0.1, 0.15) is 24.9 Å². The molecule has 1 aliphatic carbocycles. The molecule has 0 spiro atoms. The quantitative estimate of drug-likeness (QED) is 0.857. The van der Waals surface area contributed by atoms with Crippen LogP contribution in [0.3, 0.4) is 0 Å². The first-order valence-electron chi connectivity index (χ1n) is 9.32. The Hall–Kier alpha value is -2.08. The van der Waals surface area contributed by atoms with Gasteiger partial charge < -0.3 is 14.0 Å². The fourth-order valence-electron chi connectivity index (χ4n) is 4.12. The highest BCUT2D eigenvalue weighted by Crippen LogP contribution is 2.43. The lowest BCUT2D eigenvalue weighted by Gasteiger charge is -2.28. The fourth-order valence-corrected chi connectivity index (χ4v) is 4.12. The first-order valence-corrected chi connectivity index (χ1v) is 9.32. The van der Waals surface area contributed by atoms with Crippen molar-refractivity contribution in [3.8, 4) is 11.5 Å². The molecule has 2 aliphatic heterocycles. The highest BCUT2D eigenvalue weighted by Gasteiger charge is 2.33. The molecule has 0 unspecified atom stereocenters. The van der Waals surface area contributed by atoms with E-state index in [1.165, 1.54) is 24.8 Å². The molecule has 3 aliphatic rings.